The van der Waals surface area contributed by atoms with E-state index >= 15 is 0 Å². The summed E-state index contributed by atoms with van der Waals surface area (Å²) in [5, 5.41) is 12.7. The average Bonchev–Trinajstić information content (AvgIpc) is 3.24. The first-order chi connectivity index (χ1) is 13.5. The number of pyridine rings is 1. The molecule has 3 heterocycles. The predicted octanol–water partition coefficient (Wildman–Crippen LogP) is 4.22. The van der Waals surface area contributed by atoms with Crippen LogP contribution in [-0.4, -0.2) is 21.8 Å². The number of halogens is 1. The van der Waals surface area contributed by atoms with Gasteiger partial charge in [-0.05, 0) is 60.3 Å². The van der Waals surface area contributed by atoms with E-state index in [4.69, 9.17) is 0 Å². The molecule has 1 saturated heterocycles. The number of Topliss-reactive ketones (excluding diaryl/α,β-unsaturated/α-hetero) is 1. The van der Waals surface area contributed by atoms with Crippen molar-refractivity contribution in [2.45, 2.75) is 13.0 Å². The first kappa shape index (κ1) is 18.1. The number of benzene rings is 1. The highest BCUT2D eigenvalue weighted by molar-refractivity contribution is 7.10. The number of thiophene rings is 1. The van der Waals surface area contributed by atoms with Crippen LogP contribution in [0.25, 0.3) is 5.76 Å². The fourth-order valence-corrected chi connectivity index (χ4v) is 4.30. The Morgan fingerprint density at radius 3 is 2.39 bits per heavy atom. The number of aromatic nitrogens is 1. The van der Waals surface area contributed by atoms with Crippen molar-refractivity contribution in [2.75, 3.05) is 4.90 Å². The molecule has 3 aromatic rings. The minimum absolute atomic E-state index is 0.00563. The van der Waals surface area contributed by atoms with Crippen LogP contribution in [0.2, 0.25) is 0 Å². The Morgan fingerprint density at radius 2 is 1.79 bits per heavy atom. The van der Waals surface area contributed by atoms with Gasteiger partial charge in [-0.1, -0.05) is 0 Å². The van der Waals surface area contributed by atoms with Gasteiger partial charge < -0.3 is 5.11 Å². The minimum Gasteiger partial charge on any atom is -0.507 e. The molecule has 28 heavy (non-hydrogen) atoms. The first-order valence-electron chi connectivity index (χ1n) is 8.50. The minimum atomic E-state index is -0.793. The highest BCUT2D eigenvalue weighted by atomic mass is 32.1. The molecule has 5 nitrogen and oxygen atoms in total. The Bertz CT molecular complexity index is 1090. The summed E-state index contributed by atoms with van der Waals surface area (Å²) >= 11 is 1.39. The summed E-state index contributed by atoms with van der Waals surface area (Å²) in [6.45, 7) is 1.88. The molecule has 0 saturated carbocycles. The van der Waals surface area contributed by atoms with Gasteiger partial charge in [-0.3, -0.25) is 19.5 Å². The van der Waals surface area contributed by atoms with Crippen LogP contribution in [0.15, 0.2) is 65.8 Å². The molecule has 1 fully saturated rings. The SMILES string of the molecule is Cc1ccsc1C1/C(=C(/O)c2ccncc2)C(=O)C(=O)N1c1ccc(F)cc1. The van der Waals surface area contributed by atoms with Gasteiger partial charge in [-0.2, -0.15) is 0 Å². The second-order valence-corrected chi connectivity index (χ2v) is 7.30. The highest BCUT2D eigenvalue weighted by Crippen LogP contribution is 2.44. The maximum atomic E-state index is 13.4. The van der Waals surface area contributed by atoms with E-state index in [1.165, 1.54) is 52.9 Å². The summed E-state index contributed by atoms with van der Waals surface area (Å²) in [7, 11) is 0. The van der Waals surface area contributed by atoms with Crippen LogP contribution in [0, 0.1) is 12.7 Å². The molecule has 4 rings (SSSR count). The van der Waals surface area contributed by atoms with Crippen LogP contribution in [0.1, 0.15) is 22.0 Å². The van der Waals surface area contributed by atoms with Crippen LogP contribution >= 0.6 is 11.3 Å². The van der Waals surface area contributed by atoms with Gasteiger partial charge in [0, 0.05) is 28.5 Å². The molecule has 2 aromatic heterocycles. The Balaban J connectivity index is 1.95. The molecule has 1 aromatic carbocycles. The number of hydrogen-bond acceptors (Lipinski definition) is 5. The number of carbonyl (C=O) groups excluding carboxylic acids is 2. The number of nitrogens with zero attached hydrogens (tertiary/aromatic N) is 2. The lowest BCUT2D eigenvalue weighted by molar-refractivity contribution is -0.132. The smallest absolute Gasteiger partial charge is 0.300 e. The summed E-state index contributed by atoms with van der Waals surface area (Å²) in [4.78, 5) is 31.8. The van der Waals surface area contributed by atoms with E-state index < -0.39 is 23.5 Å². The summed E-state index contributed by atoms with van der Waals surface area (Å²) in [6, 6.07) is 9.59. The van der Waals surface area contributed by atoms with E-state index in [1.807, 2.05) is 18.4 Å². The van der Waals surface area contributed by atoms with Crippen LogP contribution in [-0.2, 0) is 9.59 Å². The number of carbonyl (C=O) groups is 2. The maximum absolute atomic E-state index is 13.4. The first-order valence-corrected chi connectivity index (χ1v) is 9.38. The van der Waals surface area contributed by atoms with Gasteiger partial charge in [0.25, 0.3) is 11.7 Å². The van der Waals surface area contributed by atoms with E-state index in [-0.39, 0.29) is 11.3 Å². The van der Waals surface area contributed by atoms with Gasteiger partial charge in [-0.15, -0.1) is 11.3 Å². The zero-order valence-corrected chi connectivity index (χ0v) is 15.6. The molecule has 0 radical (unpaired) electrons. The quantitative estimate of drug-likeness (QED) is 0.410. The second-order valence-electron chi connectivity index (χ2n) is 6.35. The molecule has 1 unspecified atom stereocenters. The summed E-state index contributed by atoms with van der Waals surface area (Å²) in [5.74, 6) is -2.25. The average molecular weight is 394 g/mol. The third kappa shape index (κ3) is 2.90. The molecule has 1 amide bonds. The lowest BCUT2D eigenvalue weighted by atomic mass is 9.98. The van der Waals surface area contributed by atoms with Crippen molar-refractivity contribution in [1.82, 2.24) is 4.98 Å². The van der Waals surface area contributed by atoms with Gasteiger partial charge >= 0.3 is 0 Å². The predicted molar refractivity (Wildman–Crippen MR) is 104 cm³/mol. The number of anilines is 1. The van der Waals surface area contributed by atoms with Gasteiger partial charge in [0.2, 0.25) is 0 Å². The highest BCUT2D eigenvalue weighted by Gasteiger charge is 2.47. The van der Waals surface area contributed by atoms with Crippen LogP contribution in [0.3, 0.4) is 0 Å². The van der Waals surface area contributed by atoms with Crippen molar-refractivity contribution >= 4 is 34.5 Å². The van der Waals surface area contributed by atoms with E-state index in [0.29, 0.717) is 11.3 Å². The molecule has 1 N–H and O–H groups in total. The van der Waals surface area contributed by atoms with E-state index in [0.717, 1.165) is 10.4 Å². The zero-order chi connectivity index (χ0) is 19.8. The van der Waals surface area contributed by atoms with Crippen molar-refractivity contribution in [3.05, 3.63) is 87.6 Å². The Kier molecular flexibility index (Phi) is 4.52. The lowest BCUT2D eigenvalue weighted by Crippen LogP contribution is -2.29. The molecule has 1 atom stereocenters. The van der Waals surface area contributed by atoms with Crippen molar-refractivity contribution in [3.8, 4) is 0 Å². The van der Waals surface area contributed by atoms with Crippen LogP contribution in [0.4, 0.5) is 10.1 Å². The molecular formula is C21H15FN2O3S. The van der Waals surface area contributed by atoms with Crippen molar-refractivity contribution in [2.24, 2.45) is 0 Å². The number of amides is 1. The topological polar surface area (TPSA) is 70.5 Å². The van der Waals surface area contributed by atoms with E-state index in [2.05, 4.69) is 4.98 Å². The second kappa shape index (κ2) is 7.01. The van der Waals surface area contributed by atoms with Crippen LogP contribution < -0.4 is 4.90 Å². The third-order valence-corrected chi connectivity index (χ3v) is 5.72. The van der Waals surface area contributed by atoms with Gasteiger partial charge in [0.15, 0.2) is 0 Å². The molecule has 0 aliphatic carbocycles. The summed E-state index contributed by atoms with van der Waals surface area (Å²) in [6.07, 6.45) is 2.99. The number of hydrogen-bond donors (Lipinski definition) is 1. The Hall–Kier alpha value is -3.32. The number of rotatable bonds is 3. The van der Waals surface area contributed by atoms with Gasteiger partial charge in [0.05, 0.1) is 5.57 Å². The van der Waals surface area contributed by atoms with Gasteiger partial charge in [0.1, 0.15) is 17.6 Å². The fraction of sp³-hybridized carbons (Fsp3) is 0.0952. The normalized spacial score (nSPS) is 18.6. The molecule has 1 aliphatic rings. The van der Waals surface area contributed by atoms with Gasteiger partial charge in [-0.25, -0.2) is 4.39 Å². The monoisotopic (exact) mass is 394 g/mol. The number of aliphatic hydroxyl groups is 1. The largest absolute Gasteiger partial charge is 0.507 e. The number of aliphatic hydroxyl groups excluding tert-OH is 1. The van der Waals surface area contributed by atoms with E-state index in [9.17, 15) is 19.1 Å². The zero-order valence-electron chi connectivity index (χ0n) is 14.8. The summed E-state index contributed by atoms with van der Waals surface area (Å²) < 4.78 is 13.4. The molecular weight excluding hydrogens is 379 g/mol. The number of aryl methyl sites for hydroxylation is 1. The van der Waals surface area contributed by atoms with Crippen molar-refractivity contribution in [3.63, 3.8) is 0 Å². The van der Waals surface area contributed by atoms with E-state index in [1.54, 1.807) is 12.1 Å². The number of ketones is 1. The Morgan fingerprint density at radius 1 is 1.11 bits per heavy atom. The standard InChI is InChI=1S/C21H15FN2O3S/c1-12-8-11-28-20(12)17-16(18(25)13-6-9-23-10-7-13)19(26)21(27)24(17)15-4-2-14(22)3-5-15/h2-11,17,25H,1H3/b18-16-. The third-order valence-electron chi connectivity index (χ3n) is 4.65. The fourth-order valence-electron chi connectivity index (χ4n) is 3.28. The lowest BCUT2D eigenvalue weighted by Gasteiger charge is -2.25. The summed E-state index contributed by atoms with van der Waals surface area (Å²) in [5.41, 5.74) is 1.68. The van der Waals surface area contributed by atoms with Crippen molar-refractivity contribution in [1.29, 1.82) is 0 Å². The Labute approximate surface area is 164 Å². The molecule has 7 heteroatoms. The molecule has 0 bridgehead atoms. The molecule has 140 valence electrons. The molecule has 0 spiro atoms. The maximum Gasteiger partial charge on any atom is 0.300 e. The van der Waals surface area contributed by atoms with Crippen LogP contribution in [0.5, 0.6) is 0 Å². The van der Waals surface area contributed by atoms with Crippen molar-refractivity contribution < 1.29 is 19.1 Å². The molecule has 1 aliphatic heterocycles.